The molecule has 1 aromatic carbocycles. The van der Waals surface area contributed by atoms with Crippen LogP contribution in [0, 0.1) is 11.3 Å². The molecule has 2 N–H and O–H groups in total. The fourth-order valence-electron chi connectivity index (χ4n) is 1.99. The lowest BCUT2D eigenvalue weighted by molar-refractivity contribution is -0.121. The molecule has 1 fully saturated rings. The normalized spacial score (nSPS) is 19.3. The Labute approximate surface area is 110 Å². The van der Waals surface area contributed by atoms with Crippen LogP contribution in [0.2, 0.25) is 5.02 Å². The van der Waals surface area contributed by atoms with Gasteiger partial charge in [-0.15, -0.1) is 0 Å². The number of nitrogens with two attached hydrogens (primary N) is 1. The van der Waals surface area contributed by atoms with Crippen molar-refractivity contribution in [1.29, 1.82) is 5.26 Å². The smallest absolute Gasteiger partial charge is 0.242 e. The highest BCUT2D eigenvalue weighted by Gasteiger charge is 2.29. The SMILES string of the molecule is N#Cc1c(Cl)cccc1N1CCOCC1C(N)=O. The highest BCUT2D eigenvalue weighted by atomic mass is 35.5. The molecule has 18 heavy (non-hydrogen) atoms. The van der Waals surface area contributed by atoms with Crippen LogP contribution in [-0.4, -0.2) is 31.7 Å². The molecular formula is C12H12ClN3O2. The number of amides is 1. The Bertz CT molecular complexity index is 513. The zero-order valence-corrected chi connectivity index (χ0v) is 10.4. The first-order valence-corrected chi connectivity index (χ1v) is 5.85. The minimum Gasteiger partial charge on any atom is -0.377 e. The van der Waals surface area contributed by atoms with Crippen molar-refractivity contribution in [2.24, 2.45) is 5.73 Å². The van der Waals surface area contributed by atoms with Gasteiger partial charge in [-0.3, -0.25) is 4.79 Å². The third-order valence-electron chi connectivity index (χ3n) is 2.87. The molecule has 1 heterocycles. The van der Waals surface area contributed by atoms with Crippen LogP contribution in [0.3, 0.4) is 0 Å². The van der Waals surface area contributed by atoms with Crippen molar-refractivity contribution in [3.63, 3.8) is 0 Å². The molecule has 1 unspecified atom stereocenters. The molecule has 0 bridgehead atoms. The molecule has 94 valence electrons. The molecule has 1 aliphatic heterocycles. The highest BCUT2D eigenvalue weighted by Crippen LogP contribution is 2.29. The second-order valence-corrected chi connectivity index (χ2v) is 4.34. The maximum Gasteiger partial charge on any atom is 0.242 e. The number of halogens is 1. The summed E-state index contributed by atoms with van der Waals surface area (Å²) in [5.74, 6) is -0.474. The number of nitrogens with zero attached hydrogens (tertiary/aromatic N) is 2. The van der Waals surface area contributed by atoms with Crippen LogP contribution in [0.25, 0.3) is 0 Å². The molecule has 1 saturated heterocycles. The van der Waals surface area contributed by atoms with Crippen LogP contribution >= 0.6 is 11.6 Å². The number of anilines is 1. The summed E-state index contributed by atoms with van der Waals surface area (Å²) in [5.41, 5.74) is 6.32. The number of hydrogen-bond acceptors (Lipinski definition) is 4. The number of carbonyl (C=O) groups excluding carboxylic acids is 1. The van der Waals surface area contributed by atoms with Gasteiger partial charge in [-0.25, -0.2) is 0 Å². The molecule has 1 atom stereocenters. The molecule has 0 aliphatic carbocycles. The summed E-state index contributed by atoms with van der Waals surface area (Å²) in [6.07, 6.45) is 0. The zero-order chi connectivity index (χ0) is 13.1. The quantitative estimate of drug-likeness (QED) is 0.862. The van der Waals surface area contributed by atoms with Crippen LogP contribution in [-0.2, 0) is 9.53 Å². The number of rotatable bonds is 2. The van der Waals surface area contributed by atoms with Gasteiger partial charge in [-0.2, -0.15) is 5.26 Å². The van der Waals surface area contributed by atoms with Crippen LogP contribution in [0.1, 0.15) is 5.56 Å². The molecule has 0 radical (unpaired) electrons. The minimum atomic E-state index is -0.565. The van der Waals surface area contributed by atoms with E-state index in [2.05, 4.69) is 6.07 Å². The third kappa shape index (κ3) is 2.26. The number of nitriles is 1. The van der Waals surface area contributed by atoms with Gasteiger partial charge in [0.25, 0.3) is 0 Å². The Balaban J connectivity index is 2.43. The van der Waals surface area contributed by atoms with Crippen LogP contribution < -0.4 is 10.6 Å². The van der Waals surface area contributed by atoms with Gasteiger partial charge in [-0.1, -0.05) is 17.7 Å². The van der Waals surface area contributed by atoms with Gasteiger partial charge in [0.2, 0.25) is 5.91 Å². The van der Waals surface area contributed by atoms with E-state index in [1.54, 1.807) is 23.1 Å². The fourth-order valence-corrected chi connectivity index (χ4v) is 2.20. The standard InChI is InChI=1S/C12H12ClN3O2/c13-9-2-1-3-10(8(9)6-14)16-4-5-18-7-11(16)12(15)17/h1-3,11H,4-5,7H2,(H2,15,17). The maximum atomic E-state index is 11.4. The lowest BCUT2D eigenvalue weighted by atomic mass is 10.1. The molecule has 0 aromatic heterocycles. The molecule has 0 spiro atoms. The van der Waals surface area contributed by atoms with Crippen molar-refractivity contribution in [2.75, 3.05) is 24.7 Å². The predicted molar refractivity (Wildman–Crippen MR) is 67.3 cm³/mol. The number of benzene rings is 1. The zero-order valence-electron chi connectivity index (χ0n) is 9.60. The molecule has 2 rings (SSSR count). The van der Waals surface area contributed by atoms with Crippen molar-refractivity contribution in [2.45, 2.75) is 6.04 Å². The van der Waals surface area contributed by atoms with Crippen molar-refractivity contribution in [3.05, 3.63) is 28.8 Å². The van der Waals surface area contributed by atoms with Gasteiger partial charge < -0.3 is 15.4 Å². The molecule has 1 aromatic rings. The van der Waals surface area contributed by atoms with Crippen molar-refractivity contribution >= 4 is 23.2 Å². The first-order valence-electron chi connectivity index (χ1n) is 5.47. The summed E-state index contributed by atoms with van der Waals surface area (Å²) in [6.45, 7) is 1.22. The lowest BCUT2D eigenvalue weighted by Crippen LogP contribution is -2.52. The number of carbonyl (C=O) groups is 1. The van der Waals surface area contributed by atoms with Gasteiger partial charge in [0.05, 0.1) is 29.5 Å². The summed E-state index contributed by atoms with van der Waals surface area (Å²) in [4.78, 5) is 13.2. The summed E-state index contributed by atoms with van der Waals surface area (Å²) in [6, 6.07) is 6.63. The highest BCUT2D eigenvalue weighted by molar-refractivity contribution is 6.32. The van der Waals surface area contributed by atoms with E-state index in [1.165, 1.54) is 0 Å². The Morgan fingerprint density at radius 1 is 1.61 bits per heavy atom. The molecule has 1 amide bonds. The predicted octanol–water partition coefficient (Wildman–Crippen LogP) is 0.902. The molecule has 6 heteroatoms. The van der Waals surface area contributed by atoms with Crippen molar-refractivity contribution < 1.29 is 9.53 Å². The number of primary amides is 1. The topological polar surface area (TPSA) is 79.3 Å². The van der Waals surface area contributed by atoms with Gasteiger partial charge in [0.1, 0.15) is 12.1 Å². The summed E-state index contributed by atoms with van der Waals surface area (Å²) in [7, 11) is 0. The van der Waals surface area contributed by atoms with Gasteiger partial charge in [0.15, 0.2) is 0 Å². The number of morpholine rings is 1. The second kappa shape index (κ2) is 5.25. The monoisotopic (exact) mass is 265 g/mol. The number of hydrogen-bond donors (Lipinski definition) is 1. The van der Waals surface area contributed by atoms with Gasteiger partial charge >= 0.3 is 0 Å². The third-order valence-corrected chi connectivity index (χ3v) is 3.18. The van der Waals surface area contributed by atoms with E-state index in [0.717, 1.165) is 0 Å². The van der Waals surface area contributed by atoms with E-state index in [0.29, 0.717) is 29.4 Å². The summed E-state index contributed by atoms with van der Waals surface area (Å²) in [5, 5.41) is 9.51. The Morgan fingerprint density at radius 3 is 3.06 bits per heavy atom. The molecule has 1 aliphatic rings. The van der Waals surface area contributed by atoms with Crippen LogP contribution in [0.15, 0.2) is 18.2 Å². The average Bonchev–Trinajstić information content (AvgIpc) is 2.38. The number of ether oxygens (including phenoxy) is 1. The van der Waals surface area contributed by atoms with Crippen molar-refractivity contribution in [3.8, 4) is 6.07 Å². The lowest BCUT2D eigenvalue weighted by Gasteiger charge is -2.35. The van der Waals surface area contributed by atoms with Crippen molar-refractivity contribution in [1.82, 2.24) is 0 Å². The van der Waals surface area contributed by atoms with Gasteiger partial charge in [-0.05, 0) is 12.1 Å². The Hall–Kier alpha value is -1.77. The Morgan fingerprint density at radius 2 is 2.39 bits per heavy atom. The molecule has 0 saturated carbocycles. The van der Waals surface area contributed by atoms with E-state index in [4.69, 9.17) is 27.3 Å². The largest absolute Gasteiger partial charge is 0.377 e. The van der Waals surface area contributed by atoms with Gasteiger partial charge in [0, 0.05) is 6.54 Å². The summed E-state index contributed by atoms with van der Waals surface area (Å²) < 4.78 is 5.24. The Kier molecular flexibility index (Phi) is 3.70. The first-order chi connectivity index (χ1) is 8.65. The van der Waals surface area contributed by atoms with E-state index in [-0.39, 0.29) is 6.61 Å². The minimum absolute atomic E-state index is 0.229. The van der Waals surface area contributed by atoms with E-state index < -0.39 is 11.9 Å². The van der Waals surface area contributed by atoms with E-state index >= 15 is 0 Å². The van der Waals surface area contributed by atoms with E-state index in [1.807, 2.05) is 0 Å². The average molecular weight is 266 g/mol. The second-order valence-electron chi connectivity index (χ2n) is 3.93. The summed E-state index contributed by atoms with van der Waals surface area (Å²) >= 11 is 5.98. The molecule has 5 nitrogen and oxygen atoms in total. The van der Waals surface area contributed by atoms with Crippen LogP contribution in [0.4, 0.5) is 5.69 Å². The first kappa shape index (κ1) is 12.7. The van der Waals surface area contributed by atoms with Crippen LogP contribution in [0.5, 0.6) is 0 Å². The maximum absolute atomic E-state index is 11.4. The fraction of sp³-hybridized carbons (Fsp3) is 0.333. The van der Waals surface area contributed by atoms with E-state index in [9.17, 15) is 4.79 Å². The molecular weight excluding hydrogens is 254 g/mol.